The van der Waals surface area contributed by atoms with Crippen LogP contribution >= 0.6 is 0 Å². The first kappa shape index (κ1) is 13.9. The number of likely N-dealkylation sites (N-methyl/N-ethyl adjacent to an activating group) is 1. The standard InChI is InChI=1S/C17H23NO/c1-13(2)11-15-9-10-16(18(3)17(15)19)12-14-7-5-4-6-8-14/h4-10,13,15-16H,11-12H2,1-3H3/t15-,16+/m0/s1. The fraction of sp³-hybridized carbons (Fsp3) is 0.471. The number of carbonyl (C=O) groups excluding carboxylic acids is 1. The molecular weight excluding hydrogens is 234 g/mol. The Labute approximate surface area is 116 Å². The fourth-order valence-corrected chi connectivity index (χ4v) is 2.65. The third kappa shape index (κ3) is 3.46. The molecule has 1 amide bonds. The number of benzene rings is 1. The zero-order valence-corrected chi connectivity index (χ0v) is 12.0. The number of amides is 1. The minimum absolute atomic E-state index is 0.0667. The molecule has 2 heteroatoms. The quantitative estimate of drug-likeness (QED) is 0.758. The zero-order chi connectivity index (χ0) is 13.8. The van der Waals surface area contributed by atoms with Crippen LogP contribution in [0.25, 0.3) is 0 Å². The number of nitrogens with zero attached hydrogens (tertiary/aromatic N) is 1. The smallest absolute Gasteiger partial charge is 0.229 e. The summed E-state index contributed by atoms with van der Waals surface area (Å²) in [6.07, 6.45) is 6.14. The number of carbonyl (C=O) groups is 1. The average Bonchev–Trinajstić information content (AvgIpc) is 2.39. The van der Waals surface area contributed by atoms with Crippen molar-refractivity contribution in [2.24, 2.45) is 11.8 Å². The molecule has 0 aromatic heterocycles. The van der Waals surface area contributed by atoms with E-state index in [0.29, 0.717) is 5.92 Å². The Kier molecular flexibility index (Phi) is 4.41. The van der Waals surface area contributed by atoms with Crippen LogP contribution in [-0.4, -0.2) is 23.9 Å². The van der Waals surface area contributed by atoms with E-state index in [2.05, 4.69) is 38.1 Å². The average molecular weight is 257 g/mol. The van der Waals surface area contributed by atoms with E-state index in [1.165, 1.54) is 5.56 Å². The third-order valence-corrected chi connectivity index (χ3v) is 3.74. The maximum atomic E-state index is 12.3. The Bertz CT molecular complexity index is 450. The molecule has 0 spiro atoms. The lowest BCUT2D eigenvalue weighted by atomic mass is 9.90. The molecule has 0 unspecified atom stereocenters. The normalized spacial score (nSPS) is 23.2. The highest BCUT2D eigenvalue weighted by atomic mass is 16.2. The molecule has 1 heterocycles. The second-order valence-corrected chi connectivity index (χ2v) is 5.83. The lowest BCUT2D eigenvalue weighted by molar-refractivity contribution is -0.135. The van der Waals surface area contributed by atoms with E-state index in [-0.39, 0.29) is 17.9 Å². The second kappa shape index (κ2) is 6.05. The first-order chi connectivity index (χ1) is 9.08. The highest BCUT2D eigenvalue weighted by Gasteiger charge is 2.28. The molecule has 0 radical (unpaired) electrons. The molecule has 102 valence electrons. The van der Waals surface area contributed by atoms with Gasteiger partial charge in [0.15, 0.2) is 0 Å². The maximum Gasteiger partial charge on any atom is 0.229 e. The molecule has 1 aromatic rings. The van der Waals surface area contributed by atoms with Gasteiger partial charge in [-0.25, -0.2) is 0 Å². The van der Waals surface area contributed by atoms with Gasteiger partial charge in [-0.15, -0.1) is 0 Å². The van der Waals surface area contributed by atoms with Crippen molar-refractivity contribution >= 4 is 5.91 Å². The number of hydrogen-bond acceptors (Lipinski definition) is 1. The number of hydrogen-bond donors (Lipinski definition) is 0. The van der Waals surface area contributed by atoms with Crippen LogP contribution in [0.2, 0.25) is 0 Å². The summed E-state index contributed by atoms with van der Waals surface area (Å²) in [5, 5.41) is 0. The summed E-state index contributed by atoms with van der Waals surface area (Å²) in [4.78, 5) is 14.2. The molecule has 0 bridgehead atoms. The summed E-state index contributed by atoms with van der Waals surface area (Å²) in [6, 6.07) is 10.5. The van der Waals surface area contributed by atoms with Gasteiger partial charge >= 0.3 is 0 Å². The highest BCUT2D eigenvalue weighted by molar-refractivity contribution is 5.82. The van der Waals surface area contributed by atoms with Gasteiger partial charge in [0.25, 0.3) is 0 Å². The molecular formula is C17H23NO. The summed E-state index contributed by atoms with van der Waals surface area (Å²) < 4.78 is 0. The van der Waals surface area contributed by atoms with Gasteiger partial charge < -0.3 is 4.90 Å². The van der Waals surface area contributed by atoms with Crippen molar-refractivity contribution in [1.82, 2.24) is 4.90 Å². The van der Waals surface area contributed by atoms with E-state index in [9.17, 15) is 4.79 Å². The molecule has 0 N–H and O–H groups in total. The topological polar surface area (TPSA) is 20.3 Å². The van der Waals surface area contributed by atoms with Crippen molar-refractivity contribution in [2.75, 3.05) is 7.05 Å². The molecule has 0 saturated carbocycles. The van der Waals surface area contributed by atoms with Crippen LogP contribution in [0.5, 0.6) is 0 Å². The van der Waals surface area contributed by atoms with Gasteiger partial charge in [-0.2, -0.15) is 0 Å². The van der Waals surface area contributed by atoms with Crippen molar-refractivity contribution in [3.8, 4) is 0 Å². The molecule has 2 nitrogen and oxygen atoms in total. The Morgan fingerprint density at radius 2 is 1.84 bits per heavy atom. The Balaban J connectivity index is 2.06. The van der Waals surface area contributed by atoms with Crippen molar-refractivity contribution in [2.45, 2.75) is 32.7 Å². The van der Waals surface area contributed by atoms with Gasteiger partial charge in [0.1, 0.15) is 0 Å². The molecule has 0 saturated heterocycles. The Morgan fingerprint density at radius 1 is 1.16 bits per heavy atom. The van der Waals surface area contributed by atoms with Crippen LogP contribution in [-0.2, 0) is 11.2 Å². The summed E-state index contributed by atoms with van der Waals surface area (Å²) in [7, 11) is 1.92. The molecule has 0 fully saturated rings. The van der Waals surface area contributed by atoms with Gasteiger partial charge in [0.05, 0.1) is 12.0 Å². The first-order valence-electron chi connectivity index (χ1n) is 7.07. The van der Waals surface area contributed by atoms with E-state index < -0.39 is 0 Å². The van der Waals surface area contributed by atoms with E-state index in [0.717, 1.165) is 12.8 Å². The van der Waals surface area contributed by atoms with Crippen LogP contribution in [0.15, 0.2) is 42.5 Å². The first-order valence-corrected chi connectivity index (χ1v) is 7.07. The van der Waals surface area contributed by atoms with Crippen molar-refractivity contribution in [3.63, 3.8) is 0 Å². The van der Waals surface area contributed by atoms with Gasteiger partial charge in [0.2, 0.25) is 5.91 Å². The van der Waals surface area contributed by atoms with Crippen molar-refractivity contribution < 1.29 is 4.79 Å². The van der Waals surface area contributed by atoms with E-state index in [1.54, 1.807) is 0 Å². The molecule has 19 heavy (non-hydrogen) atoms. The van der Waals surface area contributed by atoms with E-state index >= 15 is 0 Å². The predicted octanol–water partition coefficient (Wildman–Crippen LogP) is 3.29. The van der Waals surface area contributed by atoms with E-state index in [1.807, 2.05) is 30.1 Å². The molecule has 1 aliphatic heterocycles. The lowest BCUT2D eigenvalue weighted by Crippen LogP contribution is -2.43. The highest BCUT2D eigenvalue weighted by Crippen LogP contribution is 2.23. The molecule has 1 aliphatic rings. The summed E-state index contributed by atoms with van der Waals surface area (Å²) in [6.45, 7) is 4.33. The minimum Gasteiger partial charge on any atom is -0.338 e. The molecule has 2 atom stereocenters. The summed E-state index contributed by atoms with van der Waals surface area (Å²) in [5.74, 6) is 0.881. The van der Waals surface area contributed by atoms with E-state index in [4.69, 9.17) is 0 Å². The van der Waals surface area contributed by atoms with Gasteiger partial charge in [-0.3, -0.25) is 4.79 Å². The van der Waals surface area contributed by atoms with Crippen LogP contribution in [0.1, 0.15) is 25.8 Å². The minimum atomic E-state index is 0.0667. The Morgan fingerprint density at radius 3 is 2.47 bits per heavy atom. The van der Waals surface area contributed by atoms with Gasteiger partial charge in [0, 0.05) is 7.05 Å². The van der Waals surface area contributed by atoms with Gasteiger partial charge in [-0.1, -0.05) is 56.3 Å². The lowest BCUT2D eigenvalue weighted by Gasteiger charge is -2.33. The molecule has 0 aliphatic carbocycles. The SMILES string of the molecule is CC(C)C[C@@H]1C=C[C@H](Cc2ccccc2)N(C)C1=O. The third-order valence-electron chi connectivity index (χ3n) is 3.74. The zero-order valence-electron chi connectivity index (χ0n) is 12.0. The monoisotopic (exact) mass is 257 g/mol. The van der Waals surface area contributed by atoms with Crippen molar-refractivity contribution in [3.05, 3.63) is 48.0 Å². The largest absolute Gasteiger partial charge is 0.338 e. The molecule has 2 rings (SSSR count). The number of rotatable bonds is 4. The van der Waals surface area contributed by atoms with Crippen LogP contribution in [0.3, 0.4) is 0 Å². The summed E-state index contributed by atoms with van der Waals surface area (Å²) in [5.41, 5.74) is 1.28. The van der Waals surface area contributed by atoms with Gasteiger partial charge in [-0.05, 0) is 24.3 Å². The maximum absolute atomic E-state index is 12.3. The predicted molar refractivity (Wildman–Crippen MR) is 78.8 cm³/mol. The molecule has 1 aromatic carbocycles. The van der Waals surface area contributed by atoms with Crippen LogP contribution in [0, 0.1) is 11.8 Å². The van der Waals surface area contributed by atoms with Crippen molar-refractivity contribution in [1.29, 1.82) is 0 Å². The Hall–Kier alpha value is -1.57. The van der Waals surface area contributed by atoms with Crippen LogP contribution < -0.4 is 0 Å². The second-order valence-electron chi connectivity index (χ2n) is 5.83. The fourth-order valence-electron chi connectivity index (χ4n) is 2.65. The summed E-state index contributed by atoms with van der Waals surface area (Å²) >= 11 is 0. The van der Waals surface area contributed by atoms with Crippen LogP contribution in [0.4, 0.5) is 0 Å².